The summed E-state index contributed by atoms with van der Waals surface area (Å²) in [5.41, 5.74) is 0.223. The van der Waals surface area contributed by atoms with Gasteiger partial charge in [-0.25, -0.2) is 0 Å². The first-order chi connectivity index (χ1) is 14.9. The fourth-order valence-electron chi connectivity index (χ4n) is 2.51. The SMILES string of the molecule is O=C(CNC(=O)c1ccc(Cl)c([N+](=O)[O-])c1)OCc1ccccc1Oc1cccnc1. The summed E-state index contributed by atoms with van der Waals surface area (Å²) in [6.07, 6.45) is 3.18. The van der Waals surface area contributed by atoms with E-state index in [1.807, 2.05) is 0 Å². The highest BCUT2D eigenvalue weighted by Gasteiger charge is 2.17. The van der Waals surface area contributed by atoms with Crippen LogP contribution in [-0.2, 0) is 16.1 Å². The van der Waals surface area contributed by atoms with Crippen molar-refractivity contribution < 1.29 is 24.0 Å². The number of nitro benzene ring substituents is 1. The predicted molar refractivity (Wildman–Crippen MR) is 111 cm³/mol. The summed E-state index contributed by atoms with van der Waals surface area (Å²) in [5.74, 6) is -0.323. The summed E-state index contributed by atoms with van der Waals surface area (Å²) in [4.78, 5) is 38.4. The number of nitro groups is 1. The molecule has 0 aliphatic carbocycles. The van der Waals surface area contributed by atoms with Gasteiger partial charge in [-0.1, -0.05) is 29.8 Å². The first kappa shape index (κ1) is 21.7. The molecule has 0 saturated heterocycles. The van der Waals surface area contributed by atoms with Crippen LogP contribution in [0.5, 0.6) is 11.5 Å². The van der Waals surface area contributed by atoms with E-state index in [1.54, 1.807) is 48.8 Å². The standard InChI is InChI=1S/C21H16ClN3O6/c22-17-8-7-14(10-18(17)25(28)29)21(27)24-12-20(26)30-13-15-4-1-2-6-19(15)31-16-5-3-9-23-11-16/h1-11H,12-13H2,(H,24,27). The Kier molecular flexibility index (Phi) is 7.13. The van der Waals surface area contributed by atoms with Crippen LogP contribution in [0.25, 0.3) is 0 Å². The second kappa shape index (κ2) is 10.2. The molecule has 0 saturated carbocycles. The second-order valence-corrected chi connectivity index (χ2v) is 6.57. The molecule has 0 atom stereocenters. The van der Waals surface area contributed by atoms with Gasteiger partial charge in [0.25, 0.3) is 11.6 Å². The van der Waals surface area contributed by atoms with Gasteiger partial charge in [0, 0.05) is 23.4 Å². The molecule has 1 aromatic heterocycles. The molecule has 0 radical (unpaired) electrons. The van der Waals surface area contributed by atoms with E-state index in [0.717, 1.165) is 6.07 Å². The number of pyridine rings is 1. The highest BCUT2D eigenvalue weighted by molar-refractivity contribution is 6.32. The van der Waals surface area contributed by atoms with Crippen molar-refractivity contribution >= 4 is 29.2 Å². The van der Waals surface area contributed by atoms with Gasteiger partial charge in [0.15, 0.2) is 0 Å². The zero-order chi connectivity index (χ0) is 22.2. The van der Waals surface area contributed by atoms with Crippen molar-refractivity contribution in [3.05, 3.63) is 93.3 Å². The molecule has 0 spiro atoms. The van der Waals surface area contributed by atoms with Crippen LogP contribution in [0.4, 0.5) is 5.69 Å². The van der Waals surface area contributed by atoms with Crippen LogP contribution in [-0.4, -0.2) is 28.3 Å². The Balaban J connectivity index is 1.55. The second-order valence-electron chi connectivity index (χ2n) is 6.17. The van der Waals surface area contributed by atoms with Crippen LogP contribution in [0.1, 0.15) is 15.9 Å². The molecular formula is C21H16ClN3O6. The summed E-state index contributed by atoms with van der Waals surface area (Å²) < 4.78 is 10.9. The largest absolute Gasteiger partial charge is 0.459 e. The number of para-hydroxylation sites is 1. The number of carbonyl (C=O) groups excluding carboxylic acids is 2. The van der Waals surface area contributed by atoms with Crippen LogP contribution >= 0.6 is 11.6 Å². The molecule has 31 heavy (non-hydrogen) atoms. The number of halogens is 1. The number of esters is 1. The maximum Gasteiger partial charge on any atom is 0.325 e. The van der Waals surface area contributed by atoms with Gasteiger partial charge in [-0.05, 0) is 30.3 Å². The van der Waals surface area contributed by atoms with Crippen LogP contribution in [0.3, 0.4) is 0 Å². The van der Waals surface area contributed by atoms with Gasteiger partial charge in [0.2, 0.25) is 0 Å². The molecule has 3 aromatic rings. The van der Waals surface area contributed by atoms with Crippen molar-refractivity contribution in [3.63, 3.8) is 0 Å². The van der Waals surface area contributed by atoms with E-state index in [4.69, 9.17) is 21.1 Å². The summed E-state index contributed by atoms with van der Waals surface area (Å²) in [7, 11) is 0. The van der Waals surface area contributed by atoms with Gasteiger partial charge in [0.1, 0.15) is 29.7 Å². The molecule has 9 nitrogen and oxygen atoms in total. The number of nitrogens with one attached hydrogen (secondary N) is 1. The maximum atomic E-state index is 12.2. The zero-order valence-corrected chi connectivity index (χ0v) is 16.7. The maximum absolute atomic E-state index is 12.2. The molecule has 0 aliphatic rings. The Morgan fingerprint density at radius 1 is 1.13 bits per heavy atom. The average molecular weight is 442 g/mol. The topological polar surface area (TPSA) is 121 Å². The molecule has 2 aromatic carbocycles. The van der Waals surface area contributed by atoms with E-state index in [9.17, 15) is 19.7 Å². The number of aromatic nitrogens is 1. The number of carbonyl (C=O) groups is 2. The first-order valence-electron chi connectivity index (χ1n) is 8.97. The molecule has 158 valence electrons. The quantitative estimate of drug-likeness (QED) is 0.319. The minimum atomic E-state index is -0.696. The molecule has 0 aliphatic heterocycles. The molecule has 1 amide bonds. The minimum absolute atomic E-state index is 0.000818. The van der Waals surface area contributed by atoms with Gasteiger partial charge in [0.05, 0.1) is 11.1 Å². The van der Waals surface area contributed by atoms with Gasteiger partial charge in [-0.2, -0.15) is 0 Å². The number of benzene rings is 2. The first-order valence-corrected chi connectivity index (χ1v) is 9.35. The Morgan fingerprint density at radius 3 is 2.68 bits per heavy atom. The Hall–Kier alpha value is -3.98. The molecule has 10 heteroatoms. The molecule has 3 rings (SSSR count). The van der Waals surface area contributed by atoms with Gasteiger partial charge < -0.3 is 14.8 Å². The number of ether oxygens (including phenoxy) is 2. The highest BCUT2D eigenvalue weighted by Crippen LogP contribution is 2.26. The Morgan fingerprint density at radius 2 is 1.94 bits per heavy atom. The molecule has 0 unspecified atom stereocenters. The van der Waals surface area contributed by atoms with E-state index in [-0.39, 0.29) is 17.2 Å². The van der Waals surface area contributed by atoms with E-state index >= 15 is 0 Å². The monoisotopic (exact) mass is 441 g/mol. The molecular weight excluding hydrogens is 426 g/mol. The normalized spacial score (nSPS) is 10.2. The van der Waals surface area contributed by atoms with Crippen LogP contribution < -0.4 is 10.1 Å². The summed E-state index contributed by atoms with van der Waals surface area (Å²) in [5, 5.41) is 13.2. The van der Waals surface area contributed by atoms with Crippen molar-refractivity contribution in [3.8, 4) is 11.5 Å². The molecule has 1 N–H and O–H groups in total. The van der Waals surface area contributed by atoms with Crippen LogP contribution in [0.15, 0.2) is 67.0 Å². The third kappa shape index (κ3) is 6.00. The summed E-state index contributed by atoms with van der Waals surface area (Å²) >= 11 is 5.73. The Labute approximate surface area is 181 Å². The fraction of sp³-hybridized carbons (Fsp3) is 0.0952. The van der Waals surface area contributed by atoms with E-state index in [2.05, 4.69) is 10.3 Å². The molecule has 0 bridgehead atoms. The number of nitrogens with zero attached hydrogens (tertiary/aromatic N) is 2. The molecule has 1 heterocycles. The zero-order valence-electron chi connectivity index (χ0n) is 16.0. The predicted octanol–water partition coefficient (Wildman–Crippen LogP) is 3.91. The third-order valence-electron chi connectivity index (χ3n) is 4.02. The van der Waals surface area contributed by atoms with E-state index < -0.39 is 29.0 Å². The third-order valence-corrected chi connectivity index (χ3v) is 4.34. The van der Waals surface area contributed by atoms with Crippen LogP contribution in [0.2, 0.25) is 5.02 Å². The minimum Gasteiger partial charge on any atom is -0.459 e. The van der Waals surface area contributed by atoms with E-state index in [1.165, 1.54) is 12.1 Å². The van der Waals surface area contributed by atoms with Crippen molar-refractivity contribution in [1.29, 1.82) is 0 Å². The van der Waals surface area contributed by atoms with Crippen molar-refractivity contribution in [2.45, 2.75) is 6.61 Å². The lowest BCUT2D eigenvalue weighted by molar-refractivity contribution is -0.384. The van der Waals surface area contributed by atoms with Gasteiger partial charge in [-0.3, -0.25) is 24.7 Å². The Bertz CT molecular complexity index is 1110. The van der Waals surface area contributed by atoms with Gasteiger partial charge in [-0.15, -0.1) is 0 Å². The number of amides is 1. The lowest BCUT2D eigenvalue weighted by Gasteiger charge is -2.11. The smallest absolute Gasteiger partial charge is 0.325 e. The number of rotatable bonds is 8. The summed E-state index contributed by atoms with van der Waals surface area (Å²) in [6.45, 7) is -0.488. The van der Waals surface area contributed by atoms with Crippen molar-refractivity contribution in [2.24, 2.45) is 0 Å². The van der Waals surface area contributed by atoms with E-state index in [0.29, 0.717) is 17.1 Å². The average Bonchev–Trinajstić information content (AvgIpc) is 2.77. The molecule has 0 fully saturated rings. The fourth-order valence-corrected chi connectivity index (χ4v) is 2.70. The number of hydrogen-bond acceptors (Lipinski definition) is 7. The van der Waals surface area contributed by atoms with Crippen LogP contribution in [0, 0.1) is 10.1 Å². The van der Waals surface area contributed by atoms with Crippen molar-refractivity contribution in [2.75, 3.05) is 6.54 Å². The number of hydrogen-bond donors (Lipinski definition) is 1. The highest BCUT2D eigenvalue weighted by atomic mass is 35.5. The summed E-state index contributed by atoms with van der Waals surface area (Å²) in [6, 6.07) is 14.1. The van der Waals surface area contributed by atoms with Gasteiger partial charge >= 0.3 is 5.97 Å². The van der Waals surface area contributed by atoms with Crippen molar-refractivity contribution in [1.82, 2.24) is 10.3 Å². The lowest BCUT2D eigenvalue weighted by Crippen LogP contribution is -2.30. The lowest BCUT2D eigenvalue weighted by atomic mass is 10.2.